The van der Waals surface area contributed by atoms with Gasteiger partial charge in [-0.15, -0.1) is 0 Å². The van der Waals surface area contributed by atoms with Crippen LogP contribution in [0.1, 0.15) is 34.0 Å². The molecule has 1 aromatic heterocycles. The monoisotopic (exact) mass is 301 g/mol. The lowest BCUT2D eigenvalue weighted by Gasteiger charge is -2.10. The van der Waals surface area contributed by atoms with E-state index < -0.39 is 9.84 Å². The lowest BCUT2D eigenvalue weighted by molar-refractivity contribution is 0.0958. The van der Waals surface area contributed by atoms with Crippen LogP contribution >= 0.6 is 0 Å². The van der Waals surface area contributed by atoms with Crippen molar-refractivity contribution in [2.75, 3.05) is 6.26 Å². The molecule has 0 spiro atoms. The molecule has 1 heterocycles. The van der Waals surface area contributed by atoms with Gasteiger partial charge in [-0.05, 0) is 36.6 Å². The molecule has 108 valence electrons. The zero-order valence-electron chi connectivity index (χ0n) is 11.6. The van der Waals surface area contributed by atoms with Crippen molar-refractivity contribution in [2.45, 2.75) is 23.7 Å². The molecular formula is C16H15NO3S. The van der Waals surface area contributed by atoms with Crippen LogP contribution in [0.25, 0.3) is 0 Å². The second kappa shape index (κ2) is 5.07. The average molecular weight is 301 g/mol. The molecule has 0 amide bonds. The molecule has 4 nitrogen and oxygen atoms in total. The summed E-state index contributed by atoms with van der Waals surface area (Å²) in [5.41, 5.74) is 2.52. The first-order valence-electron chi connectivity index (χ1n) is 6.75. The molecule has 0 fully saturated rings. The van der Waals surface area contributed by atoms with Crippen molar-refractivity contribution < 1.29 is 13.2 Å². The van der Waals surface area contributed by atoms with E-state index in [9.17, 15) is 13.2 Å². The maximum absolute atomic E-state index is 12.6. The summed E-state index contributed by atoms with van der Waals surface area (Å²) in [6.45, 7) is 0. The van der Waals surface area contributed by atoms with Gasteiger partial charge in [-0.2, -0.15) is 0 Å². The first kappa shape index (κ1) is 13.9. The van der Waals surface area contributed by atoms with Crippen LogP contribution in [0.5, 0.6) is 0 Å². The number of sulfone groups is 1. The number of ketones is 1. The fourth-order valence-corrected chi connectivity index (χ4v) is 3.37. The molecule has 0 bridgehead atoms. The highest BCUT2D eigenvalue weighted by Crippen LogP contribution is 2.33. The molecule has 3 rings (SSSR count). The van der Waals surface area contributed by atoms with Gasteiger partial charge in [-0.1, -0.05) is 18.2 Å². The lowest BCUT2D eigenvalue weighted by Crippen LogP contribution is -2.11. The number of hydrogen-bond acceptors (Lipinski definition) is 4. The number of carbonyl (C=O) groups excluding carboxylic acids is 1. The summed E-state index contributed by atoms with van der Waals surface area (Å²) >= 11 is 0. The smallest absolute Gasteiger partial charge is 0.175 e. The van der Waals surface area contributed by atoms with E-state index in [1.54, 1.807) is 18.3 Å². The number of aryl methyl sites for hydroxylation is 1. The molecule has 1 aliphatic rings. The molecule has 5 heteroatoms. The first-order chi connectivity index (χ1) is 9.97. The predicted octanol–water partition coefficient (Wildman–Crippen LogP) is 2.40. The summed E-state index contributed by atoms with van der Waals surface area (Å²) in [4.78, 5) is 17.1. The number of pyridine rings is 1. The number of Topliss-reactive ketones (excluding diaryl/α,β-unsaturated/α-hetero) is 1. The molecule has 0 N–H and O–H groups in total. The van der Waals surface area contributed by atoms with Gasteiger partial charge in [0.2, 0.25) is 0 Å². The highest BCUT2D eigenvalue weighted by molar-refractivity contribution is 7.90. The van der Waals surface area contributed by atoms with E-state index in [0.717, 1.165) is 30.4 Å². The Kier molecular flexibility index (Phi) is 3.37. The topological polar surface area (TPSA) is 64.1 Å². The van der Waals surface area contributed by atoms with Crippen molar-refractivity contribution in [2.24, 2.45) is 0 Å². The van der Waals surface area contributed by atoms with Crippen LogP contribution in [0.15, 0.2) is 47.5 Å². The maximum Gasteiger partial charge on any atom is 0.175 e. The normalized spacial score (nSPS) is 17.5. The van der Waals surface area contributed by atoms with E-state index in [1.807, 2.05) is 12.1 Å². The van der Waals surface area contributed by atoms with E-state index in [1.165, 1.54) is 12.1 Å². The third kappa shape index (κ3) is 2.61. The van der Waals surface area contributed by atoms with Crippen LogP contribution in [-0.2, 0) is 16.3 Å². The number of hydrogen-bond donors (Lipinski definition) is 0. The van der Waals surface area contributed by atoms with Gasteiger partial charge in [0.05, 0.1) is 16.5 Å². The third-order valence-electron chi connectivity index (χ3n) is 3.84. The van der Waals surface area contributed by atoms with Gasteiger partial charge < -0.3 is 0 Å². The maximum atomic E-state index is 12.6. The largest absolute Gasteiger partial charge is 0.293 e. The van der Waals surface area contributed by atoms with Crippen LogP contribution in [0.4, 0.5) is 0 Å². The van der Waals surface area contributed by atoms with Crippen LogP contribution in [-0.4, -0.2) is 25.4 Å². The fraction of sp³-hybridized carbons (Fsp3) is 0.250. The highest BCUT2D eigenvalue weighted by atomic mass is 32.2. The molecule has 1 atom stereocenters. The van der Waals surface area contributed by atoms with Crippen molar-refractivity contribution in [3.8, 4) is 0 Å². The molecule has 2 aromatic rings. The van der Waals surface area contributed by atoms with Crippen molar-refractivity contribution in [3.63, 3.8) is 0 Å². The van der Waals surface area contributed by atoms with E-state index >= 15 is 0 Å². The van der Waals surface area contributed by atoms with Crippen molar-refractivity contribution in [1.29, 1.82) is 0 Å². The Bertz CT molecular complexity index is 795. The summed E-state index contributed by atoms with van der Waals surface area (Å²) in [5, 5.41) is 0. The second-order valence-electron chi connectivity index (χ2n) is 5.30. The molecule has 0 saturated carbocycles. The van der Waals surface area contributed by atoms with Crippen molar-refractivity contribution >= 4 is 15.6 Å². The summed E-state index contributed by atoms with van der Waals surface area (Å²) in [5.74, 6) is -0.210. The number of carbonyl (C=O) groups is 1. The minimum absolute atomic E-state index is 0.00695. The quantitative estimate of drug-likeness (QED) is 0.817. The van der Waals surface area contributed by atoms with Gasteiger partial charge in [-0.25, -0.2) is 8.42 Å². The second-order valence-corrected chi connectivity index (χ2v) is 7.32. The fourth-order valence-electron chi connectivity index (χ4n) is 2.74. The average Bonchev–Trinajstić information content (AvgIpc) is 2.90. The van der Waals surface area contributed by atoms with E-state index in [2.05, 4.69) is 4.98 Å². The number of nitrogens with zero attached hydrogens (tertiary/aromatic N) is 1. The Hall–Kier alpha value is -2.01. The van der Waals surface area contributed by atoms with Crippen molar-refractivity contribution in [1.82, 2.24) is 4.98 Å². The Morgan fingerprint density at radius 2 is 1.90 bits per heavy atom. The number of rotatable bonds is 3. The Labute approximate surface area is 123 Å². The zero-order chi connectivity index (χ0) is 15.0. The molecule has 0 radical (unpaired) electrons. The first-order valence-corrected chi connectivity index (χ1v) is 8.64. The summed E-state index contributed by atoms with van der Waals surface area (Å²) in [6, 6.07) is 10.0. The molecular weight excluding hydrogens is 286 g/mol. The lowest BCUT2D eigenvalue weighted by atomic mass is 9.95. The summed E-state index contributed by atoms with van der Waals surface area (Å²) in [6.07, 6.45) is 4.48. The molecule has 0 aliphatic heterocycles. The Morgan fingerprint density at radius 1 is 1.19 bits per heavy atom. The van der Waals surface area contributed by atoms with Gasteiger partial charge in [0.25, 0.3) is 0 Å². The number of fused-ring (bicyclic) bond motifs is 1. The van der Waals surface area contributed by atoms with Crippen LogP contribution < -0.4 is 0 Å². The van der Waals surface area contributed by atoms with Gasteiger partial charge in [0.15, 0.2) is 15.6 Å². The van der Waals surface area contributed by atoms with E-state index in [-0.39, 0.29) is 16.6 Å². The summed E-state index contributed by atoms with van der Waals surface area (Å²) < 4.78 is 22.9. The van der Waals surface area contributed by atoms with Gasteiger partial charge in [0.1, 0.15) is 0 Å². The van der Waals surface area contributed by atoms with Gasteiger partial charge in [-0.3, -0.25) is 9.78 Å². The van der Waals surface area contributed by atoms with Gasteiger partial charge in [0, 0.05) is 18.0 Å². The molecule has 1 aromatic carbocycles. The van der Waals surface area contributed by atoms with E-state index in [4.69, 9.17) is 0 Å². The Balaban J connectivity index is 1.90. The molecule has 21 heavy (non-hydrogen) atoms. The minimum atomic E-state index is -3.24. The molecule has 1 unspecified atom stereocenters. The predicted molar refractivity (Wildman–Crippen MR) is 79.2 cm³/mol. The number of aromatic nitrogens is 1. The number of benzene rings is 1. The van der Waals surface area contributed by atoms with Crippen molar-refractivity contribution in [3.05, 3.63) is 59.4 Å². The highest BCUT2D eigenvalue weighted by Gasteiger charge is 2.30. The SMILES string of the molecule is CS(=O)(=O)c1ccc(C(=O)C2CCc3cccnc32)cc1. The van der Waals surface area contributed by atoms with Crippen LogP contribution in [0, 0.1) is 0 Å². The standard InChI is InChI=1S/C16H15NO3S/c1-21(19,20)13-7-4-12(5-8-13)16(18)14-9-6-11-3-2-10-17-15(11)14/h2-5,7-8,10,14H,6,9H2,1H3. The summed E-state index contributed by atoms with van der Waals surface area (Å²) in [7, 11) is -3.24. The Morgan fingerprint density at radius 3 is 2.57 bits per heavy atom. The van der Waals surface area contributed by atoms with Gasteiger partial charge >= 0.3 is 0 Å². The third-order valence-corrected chi connectivity index (χ3v) is 4.97. The van der Waals surface area contributed by atoms with E-state index in [0.29, 0.717) is 5.56 Å². The zero-order valence-corrected chi connectivity index (χ0v) is 12.4. The van der Waals surface area contributed by atoms with Crippen LogP contribution in [0.3, 0.4) is 0 Å². The molecule has 1 aliphatic carbocycles. The molecule has 0 saturated heterocycles. The van der Waals surface area contributed by atoms with Crippen LogP contribution in [0.2, 0.25) is 0 Å². The minimum Gasteiger partial charge on any atom is -0.293 e.